The van der Waals surface area contributed by atoms with Gasteiger partial charge in [-0.3, -0.25) is 4.79 Å². The van der Waals surface area contributed by atoms with E-state index in [-0.39, 0.29) is 19.1 Å². The van der Waals surface area contributed by atoms with Crippen LogP contribution in [0.15, 0.2) is 60.7 Å². The fraction of sp³-hybridized carbons (Fsp3) is 0.200. The Bertz CT molecular complexity index is 1280. The predicted octanol–water partition coefficient (Wildman–Crippen LogP) is 5.70. The third-order valence-electron chi connectivity index (χ3n) is 5.20. The van der Waals surface area contributed by atoms with Gasteiger partial charge < -0.3 is 14.6 Å². The standard InChI is InChI=1S/C25H23Cl2N3O2/c1-16-7-8-17(2)23(11-16)32-15-25(31)28-13-24-29-21-5-3-4-6-22(21)30(24)14-18-9-10-19(26)20(27)12-18/h3-12H,13-15H2,1-2H3,(H,28,31). The Hall–Kier alpha value is -3.02. The summed E-state index contributed by atoms with van der Waals surface area (Å²) in [5.41, 5.74) is 4.92. The molecule has 0 radical (unpaired) electrons. The number of ether oxygens (including phenoxy) is 1. The lowest BCUT2D eigenvalue weighted by atomic mass is 10.1. The second-order valence-corrected chi connectivity index (χ2v) is 8.50. The van der Waals surface area contributed by atoms with Gasteiger partial charge in [0.25, 0.3) is 5.91 Å². The Labute approximate surface area is 196 Å². The Balaban J connectivity index is 1.48. The number of amides is 1. The van der Waals surface area contributed by atoms with Crippen LogP contribution in [0.25, 0.3) is 11.0 Å². The molecule has 4 aromatic rings. The van der Waals surface area contributed by atoms with E-state index in [0.29, 0.717) is 22.3 Å². The first-order chi connectivity index (χ1) is 15.4. The Morgan fingerprint density at radius 1 is 1.03 bits per heavy atom. The van der Waals surface area contributed by atoms with E-state index in [4.69, 9.17) is 32.9 Å². The SMILES string of the molecule is Cc1ccc(C)c(OCC(=O)NCc2nc3ccccc3n2Cc2ccc(Cl)c(Cl)c2)c1. The number of halogens is 2. The van der Waals surface area contributed by atoms with Crippen LogP contribution in [-0.4, -0.2) is 22.1 Å². The first kappa shape index (κ1) is 22.2. The molecule has 0 saturated heterocycles. The summed E-state index contributed by atoms with van der Waals surface area (Å²) in [6.45, 7) is 4.73. The first-order valence-corrected chi connectivity index (χ1v) is 11.0. The predicted molar refractivity (Wildman–Crippen MR) is 129 cm³/mol. The monoisotopic (exact) mass is 467 g/mol. The fourth-order valence-electron chi connectivity index (χ4n) is 3.49. The molecule has 0 saturated carbocycles. The highest BCUT2D eigenvalue weighted by atomic mass is 35.5. The number of benzene rings is 3. The van der Waals surface area contributed by atoms with E-state index in [2.05, 4.69) is 9.88 Å². The number of fused-ring (bicyclic) bond motifs is 1. The second-order valence-electron chi connectivity index (χ2n) is 7.69. The molecule has 3 aromatic carbocycles. The molecule has 1 heterocycles. The zero-order valence-electron chi connectivity index (χ0n) is 17.9. The van der Waals surface area contributed by atoms with Gasteiger partial charge in [-0.2, -0.15) is 0 Å². The second kappa shape index (κ2) is 9.63. The van der Waals surface area contributed by atoms with E-state index < -0.39 is 0 Å². The van der Waals surface area contributed by atoms with E-state index in [1.165, 1.54) is 0 Å². The molecule has 32 heavy (non-hydrogen) atoms. The molecule has 4 rings (SSSR count). The van der Waals surface area contributed by atoms with Crippen LogP contribution >= 0.6 is 23.2 Å². The molecule has 7 heteroatoms. The quantitative estimate of drug-likeness (QED) is 0.379. The highest BCUT2D eigenvalue weighted by Gasteiger charge is 2.13. The number of carbonyl (C=O) groups is 1. The molecule has 0 spiro atoms. The lowest BCUT2D eigenvalue weighted by molar-refractivity contribution is -0.123. The van der Waals surface area contributed by atoms with Gasteiger partial charge in [0.15, 0.2) is 6.61 Å². The smallest absolute Gasteiger partial charge is 0.258 e. The molecule has 1 N–H and O–H groups in total. The largest absolute Gasteiger partial charge is 0.483 e. The van der Waals surface area contributed by atoms with Crippen LogP contribution in [-0.2, 0) is 17.9 Å². The maximum atomic E-state index is 12.4. The van der Waals surface area contributed by atoms with Crippen LogP contribution in [0, 0.1) is 13.8 Å². The molecule has 164 valence electrons. The highest BCUT2D eigenvalue weighted by Crippen LogP contribution is 2.25. The van der Waals surface area contributed by atoms with Gasteiger partial charge in [-0.05, 0) is 60.9 Å². The molecule has 0 bridgehead atoms. The van der Waals surface area contributed by atoms with Gasteiger partial charge in [-0.25, -0.2) is 4.98 Å². The number of aromatic nitrogens is 2. The maximum Gasteiger partial charge on any atom is 0.258 e. The van der Waals surface area contributed by atoms with Crippen LogP contribution in [0.4, 0.5) is 0 Å². The van der Waals surface area contributed by atoms with Crippen LogP contribution in [0.1, 0.15) is 22.5 Å². The number of nitrogens with one attached hydrogen (secondary N) is 1. The van der Waals surface area contributed by atoms with Crippen molar-refractivity contribution < 1.29 is 9.53 Å². The number of hydrogen-bond acceptors (Lipinski definition) is 3. The molecule has 1 aromatic heterocycles. The average molecular weight is 468 g/mol. The lowest BCUT2D eigenvalue weighted by Gasteiger charge is -2.12. The molecule has 0 unspecified atom stereocenters. The Morgan fingerprint density at radius 3 is 2.66 bits per heavy atom. The number of nitrogens with zero attached hydrogens (tertiary/aromatic N) is 2. The molecule has 0 atom stereocenters. The van der Waals surface area contributed by atoms with Crippen molar-refractivity contribution in [1.29, 1.82) is 0 Å². The molecule has 0 fully saturated rings. The summed E-state index contributed by atoms with van der Waals surface area (Å²) in [7, 11) is 0. The number of para-hydroxylation sites is 2. The van der Waals surface area contributed by atoms with Gasteiger partial charge >= 0.3 is 0 Å². The van der Waals surface area contributed by atoms with Gasteiger partial charge in [-0.15, -0.1) is 0 Å². The summed E-state index contributed by atoms with van der Waals surface area (Å²) in [5.74, 6) is 1.25. The van der Waals surface area contributed by atoms with Crippen molar-refractivity contribution in [2.45, 2.75) is 26.9 Å². The fourth-order valence-corrected chi connectivity index (χ4v) is 3.81. The molecule has 5 nitrogen and oxygen atoms in total. The van der Waals surface area contributed by atoms with Crippen molar-refractivity contribution in [3.05, 3.63) is 93.2 Å². The van der Waals surface area contributed by atoms with E-state index in [0.717, 1.165) is 33.5 Å². The Kier molecular flexibility index (Phi) is 6.68. The Morgan fingerprint density at radius 2 is 1.84 bits per heavy atom. The van der Waals surface area contributed by atoms with Crippen molar-refractivity contribution >= 4 is 40.1 Å². The lowest BCUT2D eigenvalue weighted by Crippen LogP contribution is -2.29. The molecule has 1 amide bonds. The summed E-state index contributed by atoms with van der Waals surface area (Å²) in [4.78, 5) is 17.2. The van der Waals surface area contributed by atoms with Crippen molar-refractivity contribution in [3.8, 4) is 5.75 Å². The van der Waals surface area contributed by atoms with Gasteiger partial charge in [0.1, 0.15) is 11.6 Å². The molecule has 0 aliphatic carbocycles. The average Bonchev–Trinajstić information content (AvgIpc) is 3.13. The third-order valence-corrected chi connectivity index (χ3v) is 5.94. The van der Waals surface area contributed by atoms with Gasteiger partial charge in [0.2, 0.25) is 0 Å². The minimum Gasteiger partial charge on any atom is -0.483 e. The summed E-state index contributed by atoms with van der Waals surface area (Å²) in [6.07, 6.45) is 0. The summed E-state index contributed by atoms with van der Waals surface area (Å²) in [6, 6.07) is 19.4. The number of aryl methyl sites for hydroxylation is 2. The van der Waals surface area contributed by atoms with Crippen molar-refractivity contribution in [2.24, 2.45) is 0 Å². The topological polar surface area (TPSA) is 56.1 Å². The minimum absolute atomic E-state index is 0.0582. The summed E-state index contributed by atoms with van der Waals surface area (Å²) in [5, 5.41) is 3.94. The van der Waals surface area contributed by atoms with Gasteiger partial charge in [-0.1, -0.05) is 53.5 Å². The van der Waals surface area contributed by atoms with Crippen LogP contribution in [0.2, 0.25) is 10.0 Å². The zero-order chi connectivity index (χ0) is 22.7. The highest BCUT2D eigenvalue weighted by molar-refractivity contribution is 6.42. The summed E-state index contributed by atoms with van der Waals surface area (Å²) >= 11 is 12.2. The van der Waals surface area contributed by atoms with E-state index in [1.54, 1.807) is 6.07 Å². The maximum absolute atomic E-state index is 12.4. The van der Waals surface area contributed by atoms with Gasteiger partial charge in [0, 0.05) is 6.54 Å². The van der Waals surface area contributed by atoms with Crippen LogP contribution < -0.4 is 10.1 Å². The third kappa shape index (κ3) is 5.06. The van der Waals surface area contributed by atoms with Crippen molar-refractivity contribution in [3.63, 3.8) is 0 Å². The number of carbonyl (C=O) groups excluding carboxylic acids is 1. The molecular weight excluding hydrogens is 445 g/mol. The minimum atomic E-state index is -0.209. The van der Waals surface area contributed by atoms with E-state index >= 15 is 0 Å². The molecule has 0 aliphatic rings. The number of imidazole rings is 1. The van der Waals surface area contributed by atoms with Crippen molar-refractivity contribution in [2.75, 3.05) is 6.61 Å². The zero-order valence-corrected chi connectivity index (χ0v) is 19.4. The van der Waals surface area contributed by atoms with Crippen molar-refractivity contribution in [1.82, 2.24) is 14.9 Å². The molecular formula is C25H23Cl2N3O2. The van der Waals surface area contributed by atoms with E-state index in [1.807, 2.05) is 68.4 Å². The normalized spacial score (nSPS) is 11.0. The van der Waals surface area contributed by atoms with E-state index in [9.17, 15) is 4.79 Å². The number of rotatable bonds is 7. The van der Waals surface area contributed by atoms with Crippen LogP contribution in [0.5, 0.6) is 5.75 Å². The summed E-state index contributed by atoms with van der Waals surface area (Å²) < 4.78 is 7.78. The first-order valence-electron chi connectivity index (χ1n) is 10.3. The number of hydrogen-bond donors (Lipinski definition) is 1. The van der Waals surface area contributed by atoms with Crippen LogP contribution in [0.3, 0.4) is 0 Å². The molecule has 0 aliphatic heterocycles. The van der Waals surface area contributed by atoms with Gasteiger partial charge in [0.05, 0.1) is 27.6 Å².